The summed E-state index contributed by atoms with van der Waals surface area (Å²) < 4.78 is 10.6. The number of rotatable bonds is 4. The number of nitrogens with one attached hydrogen (secondary N) is 1. The highest BCUT2D eigenvalue weighted by atomic mass is 16.7. The third-order valence-electron chi connectivity index (χ3n) is 4.14. The molecule has 4 rings (SSSR count). The zero-order valence-electron chi connectivity index (χ0n) is 12.9. The summed E-state index contributed by atoms with van der Waals surface area (Å²) in [6, 6.07) is 14.3. The molecule has 1 atom stereocenters. The van der Waals surface area contributed by atoms with Gasteiger partial charge in [-0.3, -0.25) is 14.5 Å². The molecule has 1 fully saturated rings. The molecule has 2 aromatic rings. The number of benzene rings is 2. The molecule has 0 aromatic heterocycles. The lowest BCUT2D eigenvalue weighted by atomic mass is 10.2. The van der Waals surface area contributed by atoms with Crippen LogP contribution in [0.1, 0.15) is 12.0 Å². The minimum atomic E-state index is -0.554. The average Bonchev–Trinajstić information content (AvgIpc) is 3.16. The molecule has 2 heterocycles. The highest BCUT2D eigenvalue weighted by molar-refractivity contribution is 6.06. The molecule has 0 bridgehead atoms. The predicted molar refractivity (Wildman–Crippen MR) is 86.6 cm³/mol. The van der Waals surface area contributed by atoms with Crippen molar-refractivity contribution < 1.29 is 19.1 Å². The molecular weight excluding hydrogens is 308 g/mol. The molecule has 0 saturated carbocycles. The second kappa shape index (κ2) is 5.88. The van der Waals surface area contributed by atoms with E-state index in [-0.39, 0.29) is 25.0 Å². The van der Waals surface area contributed by atoms with Crippen molar-refractivity contribution in [3.63, 3.8) is 0 Å². The largest absolute Gasteiger partial charge is 0.454 e. The molecule has 24 heavy (non-hydrogen) atoms. The summed E-state index contributed by atoms with van der Waals surface area (Å²) in [5.74, 6) is 0.946. The van der Waals surface area contributed by atoms with E-state index in [9.17, 15) is 9.59 Å². The van der Waals surface area contributed by atoms with Crippen molar-refractivity contribution in [3.8, 4) is 11.5 Å². The summed E-state index contributed by atoms with van der Waals surface area (Å²) >= 11 is 0. The fraction of sp³-hybridized carbons (Fsp3) is 0.222. The van der Waals surface area contributed by atoms with Crippen LogP contribution < -0.4 is 14.8 Å². The topological polar surface area (TPSA) is 67.9 Å². The first-order valence-electron chi connectivity index (χ1n) is 7.75. The van der Waals surface area contributed by atoms with E-state index in [4.69, 9.17) is 9.47 Å². The first-order valence-corrected chi connectivity index (χ1v) is 7.75. The first-order chi connectivity index (χ1) is 11.7. The maximum absolute atomic E-state index is 12.5. The zero-order valence-corrected chi connectivity index (χ0v) is 12.9. The average molecular weight is 324 g/mol. The smallest absolute Gasteiger partial charge is 0.252 e. The number of nitrogens with zero attached hydrogens (tertiary/aromatic N) is 1. The van der Waals surface area contributed by atoms with E-state index in [0.717, 1.165) is 11.3 Å². The Morgan fingerprint density at radius 2 is 1.83 bits per heavy atom. The Morgan fingerprint density at radius 1 is 1.04 bits per heavy atom. The maximum Gasteiger partial charge on any atom is 0.252 e. The van der Waals surface area contributed by atoms with Crippen molar-refractivity contribution in [2.45, 2.75) is 19.0 Å². The van der Waals surface area contributed by atoms with Gasteiger partial charge < -0.3 is 14.8 Å². The molecule has 0 aliphatic carbocycles. The van der Waals surface area contributed by atoms with Gasteiger partial charge in [-0.05, 0) is 17.7 Å². The van der Waals surface area contributed by atoms with E-state index in [1.54, 1.807) is 12.1 Å². The van der Waals surface area contributed by atoms with Crippen LogP contribution in [0.2, 0.25) is 0 Å². The lowest BCUT2D eigenvalue weighted by Gasteiger charge is -2.16. The van der Waals surface area contributed by atoms with Gasteiger partial charge >= 0.3 is 0 Å². The number of carbonyl (C=O) groups is 2. The number of fused-ring (bicyclic) bond motifs is 1. The molecule has 1 saturated heterocycles. The standard InChI is InChI=1S/C18H16N2O4/c21-17-9-14(18(22)20(17)10-12-4-2-1-3-5-12)19-13-6-7-15-16(8-13)24-11-23-15/h1-8,14,19H,9-11H2/t14-/m1/s1. The summed E-state index contributed by atoms with van der Waals surface area (Å²) in [5.41, 5.74) is 1.66. The van der Waals surface area contributed by atoms with Crippen LogP contribution in [0.5, 0.6) is 11.5 Å². The van der Waals surface area contributed by atoms with Crippen LogP contribution in [0.25, 0.3) is 0 Å². The Hall–Kier alpha value is -3.02. The molecule has 0 radical (unpaired) electrons. The number of ether oxygens (including phenoxy) is 2. The first kappa shape index (κ1) is 14.6. The van der Waals surface area contributed by atoms with Gasteiger partial charge in [0.15, 0.2) is 11.5 Å². The van der Waals surface area contributed by atoms with E-state index in [1.165, 1.54) is 4.90 Å². The number of amides is 2. The van der Waals surface area contributed by atoms with E-state index < -0.39 is 6.04 Å². The van der Waals surface area contributed by atoms with Crippen molar-refractivity contribution in [3.05, 3.63) is 54.1 Å². The lowest BCUT2D eigenvalue weighted by molar-refractivity contribution is -0.139. The van der Waals surface area contributed by atoms with Gasteiger partial charge in [-0.25, -0.2) is 0 Å². The highest BCUT2D eigenvalue weighted by Crippen LogP contribution is 2.34. The molecule has 6 nitrogen and oxygen atoms in total. The van der Waals surface area contributed by atoms with Gasteiger partial charge in [0.2, 0.25) is 12.7 Å². The van der Waals surface area contributed by atoms with Crippen LogP contribution in [0.15, 0.2) is 48.5 Å². The Morgan fingerprint density at radius 3 is 2.67 bits per heavy atom. The minimum absolute atomic E-state index is 0.153. The fourth-order valence-corrected chi connectivity index (χ4v) is 2.92. The van der Waals surface area contributed by atoms with Crippen molar-refractivity contribution in [2.24, 2.45) is 0 Å². The van der Waals surface area contributed by atoms with Crippen molar-refractivity contribution in [2.75, 3.05) is 12.1 Å². The molecule has 2 aliphatic rings. The zero-order chi connectivity index (χ0) is 16.5. The summed E-state index contributed by atoms with van der Waals surface area (Å²) in [6.07, 6.45) is 0.153. The summed E-state index contributed by atoms with van der Waals surface area (Å²) in [4.78, 5) is 26.0. The van der Waals surface area contributed by atoms with Gasteiger partial charge in [0.1, 0.15) is 6.04 Å². The summed E-state index contributed by atoms with van der Waals surface area (Å²) in [7, 11) is 0. The second-order valence-electron chi connectivity index (χ2n) is 5.77. The summed E-state index contributed by atoms with van der Waals surface area (Å²) in [6.45, 7) is 0.502. The molecule has 2 aliphatic heterocycles. The number of hydrogen-bond donors (Lipinski definition) is 1. The van der Waals surface area contributed by atoms with Crippen molar-refractivity contribution in [1.82, 2.24) is 4.90 Å². The molecule has 6 heteroatoms. The van der Waals surface area contributed by atoms with Crippen molar-refractivity contribution >= 4 is 17.5 Å². The van der Waals surface area contributed by atoms with Gasteiger partial charge in [0.25, 0.3) is 5.91 Å². The Balaban J connectivity index is 1.47. The SMILES string of the molecule is O=C1C[C@@H](Nc2ccc3c(c2)OCO3)C(=O)N1Cc1ccccc1. The monoisotopic (exact) mass is 324 g/mol. The third kappa shape index (κ3) is 2.67. The molecule has 0 unspecified atom stereocenters. The van der Waals surface area contributed by atoms with E-state index in [0.29, 0.717) is 18.0 Å². The molecule has 2 aromatic carbocycles. The van der Waals surface area contributed by atoms with Crippen LogP contribution >= 0.6 is 0 Å². The Labute approximate surface area is 139 Å². The molecular formula is C18H16N2O4. The van der Waals surface area contributed by atoms with Gasteiger partial charge in [0.05, 0.1) is 13.0 Å². The van der Waals surface area contributed by atoms with E-state index >= 15 is 0 Å². The summed E-state index contributed by atoms with van der Waals surface area (Å²) in [5, 5.41) is 3.12. The molecule has 0 spiro atoms. The van der Waals surface area contributed by atoms with Gasteiger partial charge in [-0.15, -0.1) is 0 Å². The van der Waals surface area contributed by atoms with Crippen LogP contribution in [0.4, 0.5) is 5.69 Å². The lowest BCUT2D eigenvalue weighted by Crippen LogP contribution is -2.34. The fourth-order valence-electron chi connectivity index (χ4n) is 2.92. The molecule has 122 valence electrons. The van der Waals surface area contributed by atoms with E-state index in [2.05, 4.69) is 5.32 Å². The molecule has 1 N–H and O–H groups in total. The minimum Gasteiger partial charge on any atom is -0.454 e. The number of likely N-dealkylation sites (tertiary alicyclic amines) is 1. The van der Waals surface area contributed by atoms with Crippen LogP contribution in [0, 0.1) is 0 Å². The van der Waals surface area contributed by atoms with Gasteiger partial charge in [-0.2, -0.15) is 0 Å². The number of carbonyl (C=O) groups excluding carboxylic acids is 2. The normalized spacial score (nSPS) is 19.0. The van der Waals surface area contributed by atoms with Crippen molar-refractivity contribution in [1.29, 1.82) is 0 Å². The van der Waals surface area contributed by atoms with Crippen LogP contribution in [-0.4, -0.2) is 29.5 Å². The van der Waals surface area contributed by atoms with Gasteiger partial charge in [-0.1, -0.05) is 30.3 Å². The maximum atomic E-state index is 12.5. The Bertz CT molecular complexity index is 791. The number of anilines is 1. The Kier molecular flexibility index (Phi) is 3.57. The second-order valence-corrected chi connectivity index (χ2v) is 5.77. The van der Waals surface area contributed by atoms with E-state index in [1.807, 2.05) is 36.4 Å². The van der Waals surface area contributed by atoms with Gasteiger partial charge in [0, 0.05) is 11.8 Å². The van der Waals surface area contributed by atoms with Crippen LogP contribution in [-0.2, 0) is 16.1 Å². The predicted octanol–water partition coefficient (Wildman–Crippen LogP) is 2.15. The molecule has 2 amide bonds. The highest BCUT2D eigenvalue weighted by Gasteiger charge is 2.38. The van der Waals surface area contributed by atoms with Crippen LogP contribution in [0.3, 0.4) is 0 Å². The quantitative estimate of drug-likeness (QED) is 0.873. The number of imide groups is 1. The number of hydrogen-bond acceptors (Lipinski definition) is 5. The third-order valence-corrected chi connectivity index (χ3v) is 4.14.